The Labute approximate surface area is 93.5 Å². The van der Waals surface area contributed by atoms with Crippen molar-refractivity contribution in [2.75, 3.05) is 0 Å². The third kappa shape index (κ3) is 1.58. The zero-order valence-corrected chi connectivity index (χ0v) is 9.03. The van der Waals surface area contributed by atoms with E-state index >= 15 is 0 Å². The number of Topliss-reactive ketones (excluding diaryl/α,β-unsaturated/α-hetero) is 3. The first kappa shape index (κ1) is 10.7. The molecule has 0 aliphatic heterocycles. The standard InChI is InChI=1S/C13H12O3/c1-2-11(14)13(16)10-7-8-5-3-4-6-9(8)12(10)15/h3-6,10H,2,7H2,1H3. The van der Waals surface area contributed by atoms with Crippen LogP contribution in [0.15, 0.2) is 24.3 Å². The molecule has 0 amide bonds. The number of carbonyl (C=O) groups is 3. The number of benzene rings is 1. The van der Waals surface area contributed by atoms with Crippen molar-refractivity contribution in [3.63, 3.8) is 0 Å². The van der Waals surface area contributed by atoms with E-state index in [2.05, 4.69) is 0 Å². The van der Waals surface area contributed by atoms with Gasteiger partial charge in [-0.3, -0.25) is 14.4 Å². The van der Waals surface area contributed by atoms with Gasteiger partial charge < -0.3 is 0 Å². The molecule has 0 fully saturated rings. The fourth-order valence-electron chi connectivity index (χ4n) is 2.02. The van der Waals surface area contributed by atoms with Crippen LogP contribution < -0.4 is 0 Å². The summed E-state index contributed by atoms with van der Waals surface area (Å²) in [5.74, 6) is -1.97. The number of hydrogen-bond donors (Lipinski definition) is 0. The van der Waals surface area contributed by atoms with Crippen molar-refractivity contribution in [2.45, 2.75) is 19.8 Å². The summed E-state index contributed by atoms with van der Waals surface area (Å²) in [4.78, 5) is 34.9. The van der Waals surface area contributed by atoms with Crippen molar-refractivity contribution in [3.05, 3.63) is 35.4 Å². The van der Waals surface area contributed by atoms with Gasteiger partial charge >= 0.3 is 0 Å². The van der Waals surface area contributed by atoms with E-state index in [0.29, 0.717) is 12.0 Å². The van der Waals surface area contributed by atoms with Crippen molar-refractivity contribution in [3.8, 4) is 0 Å². The number of fused-ring (bicyclic) bond motifs is 1. The second-order valence-corrected chi connectivity index (χ2v) is 3.92. The highest BCUT2D eigenvalue weighted by Crippen LogP contribution is 2.27. The van der Waals surface area contributed by atoms with Crippen LogP contribution in [0.1, 0.15) is 29.3 Å². The van der Waals surface area contributed by atoms with Crippen LogP contribution >= 0.6 is 0 Å². The lowest BCUT2D eigenvalue weighted by molar-refractivity contribution is -0.137. The molecule has 2 rings (SSSR count). The first-order valence-corrected chi connectivity index (χ1v) is 5.34. The summed E-state index contributed by atoms with van der Waals surface area (Å²) >= 11 is 0. The summed E-state index contributed by atoms with van der Waals surface area (Å²) in [5.41, 5.74) is 1.46. The van der Waals surface area contributed by atoms with Crippen LogP contribution in [0.5, 0.6) is 0 Å². The van der Waals surface area contributed by atoms with E-state index in [1.54, 1.807) is 19.1 Å². The maximum atomic E-state index is 11.9. The predicted octanol–water partition coefficient (Wildman–Crippen LogP) is 1.59. The van der Waals surface area contributed by atoms with Crippen LogP contribution in [0.25, 0.3) is 0 Å². The van der Waals surface area contributed by atoms with Gasteiger partial charge in [0, 0.05) is 12.0 Å². The molecular weight excluding hydrogens is 204 g/mol. The maximum Gasteiger partial charge on any atom is 0.209 e. The van der Waals surface area contributed by atoms with Crippen molar-refractivity contribution >= 4 is 17.3 Å². The lowest BCUT2D eigenvalue weighted by atomic mass is 9.96. The van der Waals surface area contributed by atoms with E-state index in [1.807, 2.05) is 12.1 Å². The van der Waals surface area contributed by atoms with Crippen LogP contribution in [0, 0.1) is 5.92 Å². The van der Waals surface area contributed by atoms with E-state index in [1.165, 1.54) is 0 Å². The van der Waals surface area contributed by atoms with Gasteiger partial charge in [0.25, 0.3) is 0 Å². The Kier molecular flexibility index (Phi) is 2.69. The number of ketones is 3. The van der Waals surface area contributed by atoms with Crippen LogP contribution in [0.3, 0.4) is 0 Å². The Balaban J connectivity index is 2.29. The van der Waals surface area contributed by atoms with Gasteiger partial charge in [-0.15, -0.1) is 0 Å². The van der Waals surface area contributed by atoms with Crippen molar-refractivity contribution in [1.29, 1.82) is 0 Å². The second-order valence-electron chi connectivity index (χ2n) is 3.92. The van der Waals surface area contributed by atoms with Crippen molar-refractivity contribution in [2.24, 2.45) is 5.92 Å². The van der Waals surface area contributed by atoms with Crippen LogP contribution in [-0.2, 0) is 16.0 Å². The molecule has 3 heteroatoms. The molecule has 1 aliphatic carbocycles. The van der Waals surface area contributed by atoms with E-state index in [9.17, 15) is 14.4 Å². The Hall–Kier alpha value is -1.77. The van der Waals surface area contributed by atoms with E-state index in [4.69, 9.17) is 0 Å². The van der Waals surface area contributed by atoms with Crippen molar-refractivity contribution < 1.29 is 14.4 Å². The van der Waals surface area contributed by atoms with Gasteiger partial charge in [-0.2, -0.15) is 0 Å². The largest absolute Gasteiger partial charge is 0.293 e. The molecule has 82 valence electrons. The topological polar surface area (TPSA) is 51.2 Å². The summed E-state index contributed by atoms with van der Waals surface area (Å²) < 4.78 is 0. The van der Waals surface area contributed by atoms with Gasteiger partial charge in [0.1, 0.15) is 0 Å². The molecular formula is C13H12O3. The van der Waals surface area contributed by atoms with Gasteiger partial charge in [-0.1, -0.05) is 31.2 Å². The summed E-state index contributed by atoms with van der Waals surface area (Å²) in [6.07, 6.45) is 0.540. The molecule has 1 unspecified atom stereocenters. The molecule has 0 bridgehead atoms. The summed E-state index contributed by atoms with van der Waals surface area (Å²) in [7, 11) is 0. The van der Waals surface area contributed by atoms with E-state index in [-0.39, 0.29) is 12.2 Å². The highest BCUT2D eigenvalue weighted by molar-refractivity contribution is 6.42. The Morgan fingerprint density at radius 1 is 1.31 bits per heavy atom. The lowest BCUT2D eigenvalue weighted by Crippen LogP contribution is -2.27. The Morgan fingerprint density at radius 2 is 2.00 bits per heavy atom. The quantitative estimate of drug-likeness (QED) is 0.569. The van der Waals surface area contributed by atoms with Crippen LogP contribution in [0.2, 0.25) is 0 Å². The molecule has 1 atom stereocenters. The fraction of sp³-hybridized carbons (Fsp3) is 0.308. The number of hydrogen-bond acceptors (Lipinski definition) is 3. The van der Waals surface area contributed by atoms with Crippen LogP contribution in [-0.4, -0.2) is 17.3 Å². The highest BCUT2D eigenvalue weighted by Gasteiger charge is 2.37. The minimum absolute atomic E-state index is 0.166. The average Bonchev–Trinajstić information content (AvgIpc) is 2.65. The monoisotopic (exact) mass is 216 g/mol. The average molecular weight is 216 g/mol. The SMILES string of the molecule is CCC(=O)C(=O)C1Cc2ccccc2C1=O. The summed E-state index contributed by atoms with van der Waals surface area (Å²) in [6, 6.07) is 7.14. The minimum atomic E-state index is -0.773. The van der Waals surface area contributed by atoms with E-state index in [0.717, 1.165) is 5.56 Å². The first-order chi connectivity index (χ1) is 7.65. The molecule has 0 radical (unpaired) electrons. The van der Waals surface area contributed by atoms with Gasteiger partial charge in [-0.25, -0.2) is 0 Å². The maximum absolute atomic E-state index is 11.9. The third-order valence-corrected chi connectivity index (χ3v) is 2.94. The zero-order chi connectivity index (χ0) is 11.7. The zero-order valence-electron chi connectivity index (χ0n) is 9.03. The lowest BCUT2D eigenvalue weighted by Gasteiger charge is -2.03. The van der Waals surface area contributed by atoms with Gasteiger partial charge in [0.2, 0.25) is 5.78 Å². The molecule has 0 saturated heterocycles. The molecule has 1 aromatic carbocycles. The summed E-state index contributed by atoms with van der Waals surface area (Å²) in [6.45, 7) is 1.63. The van der Waals surface area contributed by atoms with Gasteiger partial charge in [-0.05, 0) is 12.0 Å². The molecule has 16 heavy (non-hydrogen) atoms. The molecule has 0 N–H and O–H groups in total. The van der Waals surface area contributed by atoms with Crippen LogP contribution in [0.4, 0.5) is 0 Å². The smallest absolute Gasteiger partial charge is 0.209 e. The molecule has 3 nitrogen and oxygen atoms in total. The normalized spacial score (nSPS) is 18.3. The Morgan fingerprint density at radius 3 is 2.62 bits per heavy atom. The Bertz CT molecular complexity index is 474. The summed E-state index contributed by atoms with van der Waals surface area (Å²) in [5, 5.41) is 0. The third-order valence-electron chi connectivity index (χ3n) is 2.94. The highest BCUT2D eigenvalue weighted by atomic mass is 16.2. The first-order valence-electron chi connectivity index (χ1n) is 5.34. The molecule has 1 aliphatic rings. The number of rotatable bonds is 3. The number of carbonyl (C=O) groups excluding carboxylic acids is 3. The van der Waals surface area contributed by atoms with Gasteiger partial charge in [0.15, 0.2) is 11.6 Å². The van der Waals surface area contributed by atoms with Gasteiger partial charge in [0.05, 0.1) is 5.92 Å². The fourth-order valence-corrected chi connectivity index (χ4v) is 2.02. The second kappa shape index (κ2) is 4.00. The minimum Gasteiger partial charge on any atom is -0.293 e. The molecule has 0 spiro atoms. The molecule has 0 heterocycles. The van der Waals surface area contributed by atoms with Crippen molar-refractivity contribution in [1.82, 2.24) is 0 Å². The predicted molar refractivity (Wildman–Crippen MR) is 58.3 cm³/mol. The molecule has 1 aromatic rings. The molecule has 0 saturated carbocycles. The van der Waals surface area contributed by atoms with E-state index < -0.39 is 17.5 Å². The molecule has 0 aromatic heterocycles.